The van der Waals surface area contributed by atoms with E-state index in [-0.39, 0.29) is 16.3 Å². The average Bonchev–Trinajstić information content (AvgIpc) is 2.41. The van der Waals surface area contributed by atoms with Gasteiger partial charge in [0.2, 0.25) is 0 Å². The minimum atomic E-state index is -0.407. The number of terminal acetylenes is 1. The first-order valence-corrected chi connectivity index (χ1v) is 5.84. The SMILES string of the molecule is C#Cc1cccc(NC(=O)c2cc(O)ccc2Cl)c1. The average molecular weight is 272 g/mol. The van der Waals surface area contributed by atoms with Crippen molar-refractivity contribution in [1.82, 2.24) is 0 Å². The molecule has 4 heteroatoms. The molecule has 0 bridgehead atoms. The molecule has 0 aliphatic carbocycles. The minimum absolute atomic E-state index is 0.0214. The summed E-state index contributed by atoms with van der Waals surface area (Å²) in [5.74, 6) is 2.05. The molecule has 2 aromatic carbocycles. The van der Waals surface area contributed by atoms with Crippen molar-refractivity contribution >= 4 is 23.2 Å². The van der Waals surface area contributed by atoms with Crippen LogP contribution in [-0.2, 0) is 0 Å². The summed E-state index contributed by atoms with van der Waals surface area (Å²) in [5.41, 5.74) is 1.44. The fraction of sp³-hybridized carbons (Fsp3) is 0. The van der Waals surface area contributed by atoms with Gasteiger partial charge in [-0.05, 0) is 36.4 Å². The van der Waals surface area contributed by atoms with Crippen molar-refractivity contribution in [3.8, 4) is 18.1 Å². The van der Waals surface area contributed by atoms with Crippen molar-refractivity contribution in [3.63, 3.8) is 0 Å². The number of amides is 1. The van der Waals surface area contributed by atoms with Crippen LogP contribution in [0.4, 0.5) is 5.69 Å². The molecule has 3 nitrogen and oxygen atoms in total. The Hall–Kier alpha value is -2.44. The Balaban J connectivity index is 2.26. The van der Waals surface area contributed by atoms with Gasteiger partial charge in [0, 0.05) is 11.3 Å². The van der Waals surface area contributed by atoms with Gasteiger partial charge in [-0.1, -0.05) is 23.6 Å². The summed E-state index contributed by atoms with van der Waals surface area (Å²) in [6, 6.07) is 11.1. The zero-order valence-electron chi connectivity index (χ0n) is 9.85. The molecular weight excluding hydrogens is 262 g/mol. The lowest BCUT2D eigenvalue weighted by Crippen LogP contribution is -2.12. The first-order chi connectivity index (χ1) is 9.10. The summed E-state index contributed by atoms with van der Waals surface area (Å²) in [7, 11) is 0. The largest absolute Gasteiger partial charge is 0.508 e. The molecule has 2 aromatic rings. The van der Waals surface area contributed by atoms with Crippen LogP contribution >= 0.6 is 11.6 Å². The highest BCUT2D eigenvalue weighted by Gasteiger charge is 2.11. The van der Waals surface area contributed by atoms with E-state index < -0.39 is 5.91 Å². The lowest BCUT2D eigenvalue weighted by atomic mass is 10.1. The lowest BCUT2D eigenvalue weighted by molar-refractivity contribution is 0.102. The number of carbonyl (C=O) groups is 1. The number of phenols is 1. The molecule has 0 unspecified atom stereocenters. The van der Waals surface area contributed by atoms with E-state index in [0.717, 1.165) is 0 Å². The molecule has 2 N–H and O–H groups in total. The first-order valence-electron chi connectivity index (χ1n) is 5.46. The third-order valence-electron chi connectivity index (χ3n) is 2.48. The van der Waals surface area contributed by atoms with Gasteiger partial charge >= 0.3 is 0 Å². The maximum atomic E-state index is 12.0. The molecule has 0 fully saturated rings. The van der Waals surface area contributed by atoms with E-state index in [1.54, 1.807) is 24.3 Å². The van der Waals surface area contributed by atoms with Gasteiger partial charge in [0.15, 0.2) is 0 Å². The predicted molar refractivity (Wildman–Crippen MR) is 75.4 cm³/mol. The molecule has 2 rings (SSSR count). The number of nitrogens with one attached hydrogen (secondary N) is 1. The third kappa shape index (κ3) is 3.06. The number of hydrogen-bond donors (Lipinski definition) is 2. The summed E-state index contributed by atoms with van der Waals surface area (Å²) in [6.45, 7) is 0. The number of carbonyl (C=O) groups excluding carboxylic acids is 1. The van der Waals surface area contributed by atoms with Gasteiger partial charge in [0.05, 0.1) is 10.6 Å². The van der Waals surface area contributed by atoms with Crippen LogP contribution < -0.4 is 5.32 Å². The van der Waals surface area contributed by atoms with Gasteiger partial charge in [-0.25, -0.2) is 0 Å². The van der Waals surface area contributed by atoms with Gasteiger partial charge in [-0.15, -0.1) is 6.42 Å². The van der Waals surface area contributed by atoms with Crippen LogP contribution in [0.25, 0.3) is 0 Å². The number of benzene rings is 2. The van der Waals surface area contributed by atoms with E-state index in [0.29, 0.717) is 11.3 Å². The first kappa shape index (κ1) is 13.0. The van der Waals surface area contributed by atoms with Crippen molar-refractivity contribution in [2.75, 3.05) is 5.32 Å². The lowest BCUT2D eigenvalue weighted by Gasteiger charge is -2.07. The summed E-state index contributed by atoms with van der Waals surface area (Å²) in [5, 5.41) is 12.3. The Labute approximate surface area is 115 Å². The third-order valence-corrected chi connectivity index (χ3v) is 2.81. The molecule has 0 spiro atoms. The van der Waals surface area contributed by atoms with Gasteiger partial charge in [0.25, 0.3) is 5.91 Å². The Bertz CT molecular complexity index is 674. The molecule has 94 valence electrons. The second-order valence-electron chi connectivity index (χ2n) is 3.84. The van der Waals surface area contributed by atoms with E-state index in [1.807, 2.05) is 0 Å². The molecule has 0 saturated carbocycles. The summed E-state index contributed by atoms with van der Waals surface area (Å²) < 4.78 is 0. The Kier molecular flexibility index (Phi) is 3.74. The fourth-order valence-corrected chi connectivity index (χ4v) is 1.78. The second kappa shape index (κ2) is 5.47. The monoisotopic (exact) mass is 271 g/mol. The van der Waals surface area contributed by atoms with Crippen molar-refractivity contribution in [2.24, 2.45) is 0 Å². The van der Waals surface area contributed by atoms with E-state index in [1.165, 1.54) is 18.2 Å². The summed E-state index contributed by atoms with van der Waals surface area (Å²) in [4.78, 5) is 12.0. The van der Waals surface area contributed by atoms with Crippen LogP contribution in [0.3, 0.4) is 0 Å². The van der Waals surface area contributed by atoms with E-state index in [9.17, 15) is 9.90 Å². The zero-order chi connectivity index (χ0) is 13.8. The Morgan fingerprint density at radius 3 is 2.79 bits per heavy atom. The summed E-state index contributed by atoms with van der Waals surface area (Å²) >= 11 is 5.91. The Morgan fingerprint density at radius 2 is 2.05 bits per heavy atom. The molecule has 0 heterocycles. The standard InChI is InChI=1S/C15H10ClNO2/c1-2-10-4-3-5-11(8-10)17-15(19)13-9-12(18)6-7-14(13)16/h1,3-9,18H,(H,17,19). The number of hydrogen-bond acceptors (Lipinski definition) is 2. The van der Waals surface area contributed by atoms with Gasteiger partial charge in [-0.3, -0.25) is 4.79 Å². The normalized spacial score (nSPS) is 9.68. The highest BCUT2D eigenvalue weighted by molar-refractivity contribution is 6.34. The quantitative estimate of drug-likeness (QED) is 0.824. The number of halogens is 1. The number of aromatic hydroxyl groups is 1. The molecule has 19 heavy (non-hydrogen) atoms. The Morgan fingerprint density at radius 1 is 1.26 bits per heavy atom. The maximum Gasteiger partial charge on any atom is 0.257 e. The number of rotatable bonds is 2. The van der Waals surface area contributed by atoms with Crippen LogP contribution in [0, 0.1) is 12.3 Å². The van der Waals surface area contributed by atoms with Crippen LogP contribution in [0.15, 0.2) is 42.5 Å². The molecule has 0 aromatic heterocycles. The van der Waals surface area contributed by atoms with Crippen LogP contribution in [0.2, 0.25) is 5.02 Å². The van der Waals surface area contributed by atoms with E-state index in [2.05, 4.69) is 11.2 Å². The van der Waals surface area contributed by atoms with Crippen molar-refractivity contribution in [3.05, 3.63) is 58.6 Å². The highest BCUT2D eigenvalue weighted by atomic mass is 35.5. The summed E-state index contributed by atoms with van der Waals surface area (Å²) in [6.07, 6.45) is 5.29. The molecule has 0 saturated heterocycles. The van der Waals surface area contributed by atoms with Crippen molar-refractivity contribution in [1.29, 1.82) is 0 Å². The van der Waals surface area contributed by atoms with Gasteiger partial charge < -0.3 is 10.4 Å². The molecule has 1 amide bonds. The second-order valence-corrected chi connectivity index (χ2v) is 4.25. The van der Waals surface area contributed by atoms with Crippen molar-refractivity contribution < 1.29 is 9.90 Å². The van der Waals surface area contributed by atoms with Crippen LogP contribution in [0.1, 0.15) is 15.9 Å². The van der Waals surface area contributed by atoms with E-state index in [4.69, 9.17) is 18.0 Å². The van der Waals surface area contributed by atoms with Gasteiger partial charge in [-0.2, -0.15) is 0 Å². The van der Waals surface area contributed by atoms with Crippen LogP contribution in [-0.4, -0.2) is 11.0 Å². The van der Waals surface area contributed by atoms with Crippen LogP contribution in [0.5, 0.6) is 5.75 Å². The maximum absolute atomic E-state index is 12.0. The highest BCUT2D eigenvalue weighted by Crippen LogP contribution is 2.22. The minimum Gasteiger partial charge on any atom is -0.508 e. The number of phenolic OH excluding ortho intramolecular Hbond substituents is 1. The molecule has 0 aliphatic heterocycles. The van der Waals surface area contributed by atoms with Gasteiger partial charge in [0.1, 0.15) is 5.75 Å². The molecule has 0 radical (unpaired) electrons. The molecule has 0 atom stereocenters. The smallest absolute Gasteiger partial charge is 0.257 e. The van der Waals surface area contributed by atoms with E-state index >= 15 is 0 Å². The predicted octanol–water partition coefficient (Wildman–Crippen LogP) is 3.28. The van der Waals surface area contributed by atoms with Crippen molar-refractivity contribution in [2.45, 2.75) is 0 Å². The molecular formula is C15H10ClNO2. The molecule has 0 aliphatic rings. The topological polar surface area (TPSA) is 49.3 Å². The fourth-order valence-electron chi connectivity index (χ4n) is 1.57. The number of anilines is 1. The zero-order valence-corrected chi connectivity index (χ0v) is 10.6.